The SMILES string of the molecule is CCCc1cc(N2CCCN(CCCl)CC2)ncn1. The largest absolute Gasteiger partial charge is 0.355 e. The molecular formula is C14H23ClN4. The molecule has 19 heavy (non-hydrogen) atoms. The van der Waals surface area contributed by atoms with Gasteiger partial charge in [-0.15, -0.1) is 11.6 Å². The van der Waals surface area contributed by atoms with Crippen LogP contribution in [-0.2, 0) is 6.42 Å². The molecule has 1 saturated heterocycles. The van der Waals surface area contributed by atoms with Gasteiger partial charge in [0.2, 0.25) is 0 Å². The molecule has 0 amide bonds. The molecule has 0 atom stereocenters. The molecule has 5 heteroatoms. The molecule has 2 heterocycles. The lowest BCUT2D eigenvalue weighted by Gasteiger charge is -2.22. The Kier molecular flexibility index (Phi) is 5.86. The number of halogens is 1. The second-order valence-corrected chi connectivity index (χ2v) is 5.37. The van der Waals surface area contributed by atoms with Crippen LogP contribution in [0, 0.1) is 0 Å². The van der Waals surface area contributed by atoms with E-state index in [2.05, 4.69) is 32.8 Å². The first kappa shape index (κ1) is 14.5. The second kappa shape index (κ2) is 7.65. The van der Waals surface area contributed by atoms with Crippen molar-refractivity contribution in [3.8, 4) is 0 Å². The van der Waals surface area contributed by atoms with Gasteiger partial charge in [-0.05, 0) is 19.4 Å². The quantitative estimate of drug-likeness (QED) is 0.775. The number of hydrogen-bond acceptors (Lipinski definition) is 4. The first-order valence-corrected chi connectivity index (χ1v) is 7.71. The van der Waals surface area contributed by atoms with Crippen molar-refractivity contribution in [2.24, 2.45) is 0 Å². The minimum atomic E-state index is 0.716. The summed E-state index contributed by atoms with van der Waals surface area (Å²) < 4.78 is 0. The van der Waals surface area contributed by atoms with Crippen LogP contribution >= 0.6 is 11.6 Å². The van der Waals surface area contributed by atoms with Crippen molar-refractivity contribution in [1.29, 1.82) is 0 Å². The Bertz CT molecular complexity index is 385. The molecule has 0 N–H and O–H groups in total. The Morgan fingerprint density at radius 1 is 1.21 bits per heavy atom. The fourth-order valence-corrected chi connectivity index (χ4v) is 2.73. The van der Waals surface area contributed by atoms with Gasteiger partial charge in [-0.1, -0.05) is 13.3 Å². The van der Waals surface area contributed by atoms with Gasteiger partial charge >= 0.3 is 0 Å². The summed E-state index contributed by atoms with van der Waals surface area (Å²) in [6, 6.07) is 2.14. The average Bonchev–Trinajstić information content (AvgIpc) is 2.66. The molecule has 0 spiro atoms. The van der Waals surface area contributed by atoms with E-state index in [-0.39, 0.29) is 0 Å². The average molecular weight is 283 g/mol. The summed E-state index contributed by atoms with van der Waals surface area (Å²) in [6.07, 6.45) is 5.02. The normalized spacial score (nSPS) is 17.5. The molecule has 106 valence electrons. The first-order valence-electron chi connectivity index (χ1n) is 7.17. The van der Waals surface area contributed by atoms with Gasteiger partial charge < -0.3 is 9.80 Å². The van der Waals surface area contributed by atoms with Crippen molar-refractivity contribution in [3.05, 3.63) is 18.1 Å². The van der Waals surface area contributed by atoms with Gasteiger partial charge in [0.25, 0.3) is 0 Å². The molecule has 1 fully saturated rings. The minimum absolute atomic E-state index is 0.716. The highest BCUT2D eigenvalue weighted by molar-refractivity contribution is 6.18. The van der Waals surface area contributed by atoms with Crippen LogP contribution in [0.15, 0.2) is 12.4 Å². The van der Waals surface area contributed by atoms with E-state index in [4.69, 9.17) is 11.6 Å². The molecule has 2 rings (SSSR count). The van der Waals surface area contributed by atoms with Crippen molar-refractivity contribution in [3.63, 3.8) is 0 Å². The third-order valence-corrected chi connectivity index (χ3v) is 3.70. The molecule has 0 aliphatic carbocycles. The molecule has 0 radical (unpaired) electrons. The van der Waals surface area contributed by atoms with Gasteiger partial charge in [-0.25, -0.2) is 9.97 Å². The maximum atomic E-state index is 5.82. The lowest BCUT2D eigenvalue weighted by atomic mass is 10.2. The van der Waals surface area contributed by atoms with Gasteiger partial charge in [0.15, 0.2) is 0 Å². The van der Waals surface area contributed by atoms with E-state index in [1.54, 1.807) is 6.33 Å². The van der Waals surface area contributed by atoms with Crippen LogP contribution in [-0.4, -0.2) is 53.5 Å². The second-order valence-electron chi connectivity index (χ2n) is 4.99. The van der Waals surface area contributed by atoms with Crippen molar-refractivity contribution < 1.29 is 0 Å². The summed E-state index contributed by atoms with van der Waals surface area (Å²) in [4.78, 5) is 13.6. The Hall–Kier alpha value is -0.870. The molecule has 1 aliphatic heterocycles. The van der Waals surface area contributed by atoms with Crippen LogP contribution in [0.1, 0.15) is 25.5 Å². The number of anilines is 1. The zero-order valence-corrected chi connectivity index (χ0v) is 12.4. The van der Waals surface area contributed by atoms with E-state index >= 15 is 0 Å². The summed E-state index contributed by atoms with van der Waals surface area (Å²) in [7, 11) is 0. The molecule has 1 aliphatic rings. The van der Waals surface area contributed by atoms with Gasteiger partial charge in [-0.2, -0.15) is 0 Å². The van der Waals surface area contributed by atoms with Crippen LogP contribution in [0.25, 0.3) is 0 Å². The summed E-state index contributed by atoms with van der Waals surface area (Å²) in [5, 5.41) is 0. The Morgan fingerprint density at radius 2 is 2.11 bits per heavy atom. The van der Waals surface area contributed by atoms with Crippen molar-refractivity contribution in [2.45, 2.75) is 26.2 Å². The highest BCUT2D eigenvalue weighted by Gasteiger charge is 2.15. The zero-order chi connectivity index (χ0) is 13.5. The molecular weight excluding hydrogens is 260 g/mol. The van der Waals surface area contributed by atoms with E-state index in [0.717, 1.165) is 57.1 Å². The van der Waals surface area contributed by atoms with Crippen LogP contribution in [0.3, 0.4) is 0 Å². The van der Waals surface area contributed by atoms with Gasteiger partial charge in [-0.3, -0.25) is 0 Å². The summed E-state index contributed by atoms with van der Waals surface area (Å²) >= 11 is 5.82. The van der Waals surface area contributed by atoms with Crippen LogP contribution in [0.4, 0.5) is 5.82 Å². The fourth-order valence-electron chi connectivity index (χ4n) is 2.49. The lowest BCUT2D eigenvalue weighted by Crippen LogP contribution is -2.32. The molecule has 1 aromatic rings. The molecule has 0 aromatic carbocycles. The predicted molar refractivity (Wildman–Crippen MR) is 80.0 cm³/mol. The number of aromatic nitrogens is 2. The van der Waals surface area contributed by atoms with Crippen LogP contribution in [0.5, 0.6) is 0 Å². The Morgan fingerprint density at radius 3 is 2.89 bits per heavy atom. The molecule has 0 unspecified atom stereocenters. The van der Waals surface area contributed by atoms with Crippen molar-refractivity contribution >= 4 is 17.4 Å². The van der Waals surface area contributed by atoms with Gasteiger partial charge in [0, 0.05) is 43.8 Å². The number of alkyl halides is 1. The number of nitrogens with zero attached hydrogens (tertiary/aromatic N) is 4. The Balaban J connectivity index is 1.99. The predicted octanol–water partition coefficient (Wildman–Crippen LogP) is 2.18. The maximum Gasteiger partial charge on any atom is 0.132 e. The monoisotopic (exact) mass is 282 g/mol. The number of aryl methyl sites for hydroxylation is 1. The van der Waals surface area contributed by atoms with Crippen LogP contribution in [0.2, 0.25) is 0 Å². The standard InChI is InChI=1S/C14H23ClN4/c1-2-4-13-11-14(17-12-16-13)19-7-3-6-18(8-5-15)9-10-19/h11-12H,2-10H2,1H3. The molecule has 1 aromatic heterocycles. The number of hydrogen-bond donors (Lipinski definition) is 0. The molecule has 4 nitrogen and oxygen atoms in total. The van der Waals surface area contributed by atoms with E-state index < -0.39 is 0 Å². The molecule has 0 saturated carbocycles. The summed E-state index contributed by atoms with van der Waals surface area (Å²) in [6.45, 7) is 7.47. The van der Waals surface area contributed by atoms with Crippen LogP contribution < -0.4 is 4.90 Å². The number of rotatable bonds is 5. The van der Waals surface area contributed by atoms with Gasteiger partial charge in [0.1, 0.15) is 12.1 Å². The third kappa shape index (κ3) is 4.32. The minimum Gasteiger partial charge on any atom is -0.355 e. The van der Waals surface area contributed by atoms with E-state index in [0.29, 0.717) is 5.88 Å². The Labute approximate surface area is 120 Å². The first-order chi connectivity index (χ1) is 9.33. The summed E-state index contributed by atoms with van der Waals surface area (Å²) in [5.41, 5.74) is 1.15. The van der Waals surface area contributed by atoms with E-state index in [9.17, 15) is 0 Å². The smallest absolute Gasteiger partial charge is 0.132 e. The van der Waals surface area contributed by atoms with Crippen molar-refractivity contribution in [2.75, 3.05) is 43.5 Å². The summed E-state index contributed by atoms with van der Waals surface area (Å²) in [5.74, 6) is 1.79. The highest BCUT2D eigenvalue weighted by atomic mass is 35.5. The third-order valence-electron chi connectivity index (χ3n) is 3.53. The fraction of sp³-hybridized carbons (Fsp3) is 0.714. The lowest BCUT2D eigenvalue weighted by molar-refractivity contribution is 0.311. The maximum absolute atomic E-state index is 5.82. The topological polar surface area (TPSA) is 32.3 Å². The van der Waals surface area contributed by atoms with Gasteiger partial charge in [0.05, 0.1) is 0 Å². The zero-order valence-electron chi connectivity index (χ0n) is 11.7. The van der Waals surface area contributed by atoms with E-state index in [1.165, 1.54) is 6.42 Å². The van der Waals surface area contributed by atoms with Crippen molar-refractivity contribution in [1.82, 2.24) is 14.9 Å². The highest BCUT2D eigenvalue weighted by Crippen LogP contribution is 2.14. The molecule has 0 bridgehead atoms. The van der Waals surface area contributed by atoms with E-state index in [1.807, 2.05) is 0 Å².